The quantitative estimate of drug-likeness (QED) is 0.621. The van der Waals surface area contributed by atoms with E-state index in [1.807, 2.05) is 72.8 Å². The third-order valence-corrected chi connectivity index (χ3v) is 4.74. The molecule has 5 nitrogen and oxygen atoms in total. The average Bonchev–Trinajstić information content (AvgIpc) is 2.75. The SMILES string of the molecule is CO[C@@H](C(=O)N[C@H](Cc1ccc(-c2ccccc2)cc1)C(N)=O)c1ccccc1. The molecule has 0 aliphatic carbocycles. The lowest BCUT2D eigenvalue weighted by Gasteiger charge is -2.20. The molecule has 5 heteroatoms. The van der Waals surface area contributed by atoms with Crippen LogP contribution in [0.1, 0.15) is 17.2 Å². The number of benzene rings is 3. The molecule has 3 rings (SSSR count). The molecule has 29 heavy (non-hydrogen) atoms. The van der Waals surface area contributed by atoms with Crippen molar-refractivity contribution in [2.24, 2.45) is 5.73 Å². The fourth-order valence-electron chi connectivity index (χ4n) is 3.19. The van der Waals surface area contributed by atoms with Crippen molar-refractivity contribution in [1.82, 2.24) is 5.32 Å². The fourth-order valence-corrected chi connectivity index (χ4v) is 3.19. The minimum Gasteiger partial charge on any atom is -0.368 e. The number of carbonyl (C=O) groups is 2. The van der Waals surface area contributed by atoms with Crippen LogP contribution in [-0.4, -0.2) is 25.0 Å². The zero-order valence-corrected chi connectivity index (χ0v) is 16.2. The highest BCUT2D eigenvalue weighted by Crippen LogP contribution is 2.20. The number of ether oxygens (including phenoxy) is 1. The predicted octanol–water partition coefficient (Wildman–Crippen LogP) is 3.25. The highest BCUT2D eigenvalue weighted by Gasteiger charge is 2.25. The molecule has 0 aromatic heterocycles. The number of nitrogens with one attached hydrogen (secondary N) is 1. The van der Waals surface area contributed by atoms with Gasteiger partial charge in [-0.2, -0.15) is 0 Å². The number of nitrogens with two attached hydrogens (primary N) is 1. The number of rotatable bonds is 8. The molecule has 0 saturated heterocycles. The van der Waals surface area contributed by atoms with E-state index in [9.17, 15) is 9.59 Å². The minimum absolute atomic E-state index is 0.307. The van der Waals surface area contributed by atoms with Crippen molar-refractivity contribution in [3.63, 3.8) is 0 Å². The normalized spacial score (nSPS) is 12.7. The van der Waals surface area contributed by atoms with E-state index in [1.54, 1.807) is 12.1 Å². The van der Waals surface area contributed by atoms with E-state index >= 15 is 0 Å². The number of hydrogen-bond acceptors (Lipinski definition) is 3. The van der Waals surface area contributed by atoms with Gasteiger partial charge in [-0.3, -0.25) is 9.59 Å². The maximum absolute atomic E-state index is 12.7. The van der Waals surface area contributed by atoms with Gasteiger partial charge in [-0.1, -0.05) is 84.9 Å². The molecule has 3 N–H and O–H groups in total. The van der Waals surface area contributed by atoms with Gasteiger partial charge in [0.05, 0.1) is 0 Å². The Kier molecular flexibility index (Phi) is 6.76. The summed E-state index contributed by atoms with van der Waals surface area (Å²) < 4.78 is 5.33. The third kappa shape index (κ3) is 5.30. The largest absolute Gasteiger partial charge is 0.368 e. The Bertz CT molecular complexity index is 941. The number of carbonyl (C=O) groups excluding carboxylic acids is 2. The van der Waals surface area contributed by atoms with Crippen LogP contribution in [0.3, 0.4) is 0 Å². The van der Waals surface area contributed by atoms with Crippen molar-refractivity contribution < 1.29 is 14.3 Å². The van der Waals surface area contributed by atoms with Gasteiger partial charge in [0.25, 0.3) is 5.91 Å². The van der Waals surface area contributed by atoms with E-state index in [1.165, 1.54) is 7.11 Å². The van der Waals surface area contributed by atoms with Gasteiger partial charge < -0.3 is 15.8 Å². The summed E-state index contributed by atoms with van der Waals surface area (Å²) in [5.74, 6) is -0.989. The van der Waals surface area contributed by atoms with Gasteiger partial charge >= 0.3 is 0 Å². The number of primary amides is 1. The Morgan fingerprint density at radius 1 is 0.862 bits per heavy atom. The smallest absolute Gasteiger partial charge is 0.254 e. The molecule has 148 valence electrons. The van der Waals surface area contributed by atoms with E-state index in [4.69, 9.17) is 10.5 Å². The highest BCUT2D eigenvalue weighted by atomic mass is 16.5. The average molecular weight is 388 g/mol. The lowest BCUT2D eigenvalue weighted by Crippen LogP contribution is -2.47. The second-order valence-electron chi connectivity index (χ2n) is 6.76. The Hall–Kier alpha value is -3.44. The van der Waals surface area contributed by atoms with Gasteiger partial charge in [0.2, 0.25) is 5.91 Å². The summed E-state index contributed by atoms with van der Waals surface area (Å²) in [6.07, 6.45) is -0.500. The molecule has 2 atom stereocenters. The summed E-state index contributed by atoms with van der Waals surface area (Å²) in [6, 6.07) is 26.2. The molecule has 0 radical (unpaired) electrons. The molecule has 0 heterocycles. The third-order valence-electron chi connectivity index (χ3n) is 4.74. The van der Waals surface area contributed by atoms with E-state index in [-0.39, 0.29) is 0 Å². The summed E-state index contributed by atoms with van der Waals surface area (Å²) in [7, 11) is 1.46. The van der Waals surface area contributed by atoms with Gasteiger partial charge in [0.15, 0.2) is 6.10 Å². The highest BCUT2D eigenvalue weighted by molar-refractivity contribution is 5.89. The van der Waals surface area contributed by atoms with Crippen molar-refractivity contribution in [2.75, 3.05) is 7.11 Å². The number of hydrogen-bond donors (Lipinski definition) is 2. The van der Waals surface area contributed by atoms with Gasteiger partial charge in [-0.15, -0.1) is 0 Å². The summed E-state index contributed by atoms with van der Waals surface area (Å²) in [5, 5.41) is 2.72. The molecule has 0 bridgehead atoms. The first kappa shape index (κ1) is 20.3. The van der Waals surface area contributed by atoms with Gasteiger partial charge in [-0.25, -0.2) is 0 Å². The molecule has 3 aromatic carbocycles. The van der Waals surface area contributed by atoms with Crippen LogP contribution in [0, 0.1) is 0 Å². The van der Waals surface area contributed by atoms with Crippen molar-refractivity contribution >= 4 is 11.8 Å². The number of amides is 2. The maximum Gasteiger partial charge on any atom is 0.254 e. The van der Waals surface area contributed by atoms with Gasteiger partial charge in [0, 0.05) is 13.5 Å². The lowest BCUT2D eigenvalue weighted by atomic mass is 10.00. The molecule has 2 amide bonds. The van der Waals surface area contributed by atoms with Crippen molar-refractivity contribution in [3.05, 3.63) is 96.1 Å². The number of methoxy groups -OCH3 is 1. The van der Waals surface area contributed by atoms with Crippen LogP contribution in [0.25, 0.3) is 11.1 Å². The van der Waals surface area contributed by atoms with Crippen LogP contribution in [-0.2, 0) is 20.7 Å². The Labute approximate surface area is 170 Å². The molecule has 3 aromatic rings. The molecule has 0 saturated carbocycles. The molecular weight excluding hydrogens is 364 g/mol. The lowest BCUT2D eigenvalue weighted by molar-refractivity contribution is -0.134. The zero-order chi connectivity index (χ0) is 20.6. The van der Waals surface area contributed by atoms with Crippen LogP contribution in [0.5, 0.6) is 0 Å². The van der Waals surface area contributed by atoms with Crippen molar-refractivity contribution in [1.29, 1.82) is 0 Å². The van der Waals surface area contributed by atoms with Crippen LogP contribution in [0.4, 0.5) is 0 Å². The van der Waals surface area contributed by atoms with E-state index < -0.39 is 24.0 Å². The summed E-state index contributed by atoms with van der Waals surface area (Å²) >= 11 is 0. The summed E-state index contributed by atoms with van der Waals surface area (Å²) in [4.78, 5) is 24.6. The molecule has 0 fully saturated rings. The first-order chi connectivity index (χ1) is 14.1. The summed E-state index contributed by atoms with van der Waals surface area (Å²) in [5.41, 5.74) is 9.35. The Balaban J connectivity index is 1.70. The monoisotopic (exact) mass is 388 g/mol. The minimum atomic E-state index is -0.827. The van der Waals surface area contributed by atoms with E-state index in [0.29, 0.717) is 12.0 Å². The van der Waals surface area contributed by atoms with Crippen LogP contribution in [0.15, 0.2) is 84.9 Å². The molecule has 0 unspecified atom stereocenters. The first-order valence-corrected chi connectivity index (χ1v) is 9.40. The van der Waals surface area contributed by atoms with Crippen LogP contribution < -0.4 is 11.1 Å². The predicted molar refractivity (Wildman–Crippen MR) is 113 cm³/mol. The standard InChI is InChI=1S/C24H24N2O3/c1-29-22(20-10-6-3-7-11-20)24(28)26-21(23(25)27)16-17-12-14-19(15-13-17)18-8-4-2-5-9-18/h2-15,21-22H,16H2,1H3,(H2,25,27)(H,26,28)/t21-,22-/m1/s1. The van der Waals surface area contributed by atoms with Crippen molar-refractivity contribution in [2.45, 2.75) is 18.6 Å². The zero-order valence-electron chi connectivity index (χ0n) is 16.2. The fraction of sp³-hybridized carbons (Fsp3) is 0.167. The molecular formula is C24H24N2O3. The molecule has 0 aliphatic heterocycles. The maximum atomic E-state index is 12.7. The van der Waals surface area contributed by atoms with Crippen LogP contribution >= 0.6 is 0 Å². The molecule has 0 aliphatic rings. The summed E-state index contributed by atoms with van der Waals surface area (Å²) in [6.45, 7) is 0. The van der Waals surface area contributed by atoms with Gasteiger partial charge in [-0.05, 0) is 22.3 Å². The van der Waals surface area contributed by atoms with Crippen LogP contribution in [0.2, 0.25) is 0 Å². The first-order valence-electron chi connectivity index (χ1n) is 9.40. The topological polar surface area (TPSA) is 81.4 Å². The van der Waals surface area contributed by atoms with E-state index in [0.717, 1.165) is 16.7 Å². The Morgan fingerprint density at radius 2 is 1.41 bits per heavy atom. The van der Waals surface area contributed by atoms with E-state index in [2.05, 4.69) is 5.32 Å². The second kappa shape index (κ2) is 9.66. The second-order valence-corrected chi connectivity index (χ2v) is 6.76. The van der Waals surface area contributed by atoms with Crippen molar-refractivity contribution in [3.8, 4) is 11.1 Å². The molecule has 0 spiro atoms. The van der Waals surface area contributed by atoms with Gasteiger partial charge in [0.1, 0.15) is 6.04 Å². The Morgan fingerprint density at radius 3 is 1.97 bits per heavy atom.